The molecular formula is C15H23N. The highest BCUT2D eigenvalue weighted by molar-refractivity contribution is 5.45. The van der Waals surface area contributed by atoms with Crippen LogP contribution in [-0.4, -0.2) is 6.04 Å². The van der Waals surface area contributed by atoms with Crippen molar-refractivity contribution in [1.29, 1.82) is 0 Å². The second-order valence-electron chi connectivity index (χ2n) is 5.14. The van der Waals surface area contributed by atoms with E-state index in [9.17, 15) is 0 Å². The van der Waals surface area contributed by atoms with E-state index in [0.717, 1.165) is 5.92 Å². The van der Waals surface area contributed by atoms with Gasteiger partial charge in [-0.3, -0.25) is 0 Å². The predicted molar refractivity (Wildman–Crippen MR) is 70.8 cm³/mol. The zero-order chi connectivity index (χ0) is 11.4. The Balaban J connectivity index is 1.84. The van der Waals surface area contributed by atoms with E-state index in [2.05, 4.69) is 43.4 Å². The molecule has 0 spiro atoms. The largest absolute Gasteiger partial charge is 0.382 e. The molecule has 1 aromatic rings. The highest BCUT2D eigenvalue weighted by atomic mass is 14.9. The zero-order valence-electron chi connectivity index (χ0n) is 10.5. The van der Waals surface area contributed by atoms with Crippen LogP contribution < -0.4 is 5.32 Å². The van der Waals surface area contributed by atoms with Gasteiger partial charge < -0.3 is 5.32 Å². The summed E-state index contributed by atoms with van der Waals surface area (Å²) >= 11 is 0. The molecule has 0 unspecified atom stereocenters. The normalized spacial score (nSPS) is 25.4. The maximum atomic E-state index is 3.65. The number of hydrogen-bond donors (Lipinski definition) is 1. The van der Waals surface area contributed by atoms with Crippen LogP contribution in [0.5, 0.6) is 0 Å². The van der Waals surface area contributed by atoms with Gasteiger partial charge in [-0.2, -0.15) is 0 Å². The van der Waals surface area contributed by atoms with Crippen LogP contribution in [0.2, 0.25) is 0 Å². The van der Waals surface area contributed by atoms with E-state index in [1.165, 1.54) is 43.4 Å². The van der Waals surface area contributed by atoms with Crippen molar-refractivity contribution in [2.24, 2.45) is 5.92 Å². The lowest BCUT2D eigenvalue weighted by Crippen LogP contribution is -2.25. The van der Waals surface area contributed by atoms with Gasteiger partial charge >= 0.3 is 0 Å². The molecule has 0 radical (unpaired) electrons. The summed E-state index contributed by atoms with van der Waals surface area (Å²) in [6.07, 6.45) is 6.84. The molecule has 1 aliphatic carbocycles. The Bertz CT molecular complexity index is 307. The average Bonchev–Trinajstić information content (AvgIpc) is 2.33. The van der Waals surface area contributed by atoms with Gasteiger partial charge in [-0.1, -0.05) is 31.0 Å². The lowest BCUT2D eigenvalue weighted by molar-refractivity contribution is 0.330. The van der Waals surface area contributed by atoms with Crippen molar-refractivity contribution in [2.45, 2.75) is 52.0 Å². The molecule has 0 heterocycles. The zero-order valence-corrected chi connectivity index (χ0v) is 10.5. The van der Waals surface area contributed by atoms with Crippen molar-refractivity contribution in [2.75, 3.05) is 5.32 Å². The molecule has 88 valence electrons. The van der Waals surface area contributed by atoms with Gasteiger partial charge in [-0.15, -0.1) is 0 Å². The van der Waals surface area contributed by atoms with Crippen molar-refractivity contribution >= 4 is 5.69 Å². The van der Waals surface area contributed by atoms with Crippen molar-refractivity contribution in [3.8, 4) is 0 Å². The standard InChI is InChI=1S/C15H23N/c1-3-13-6-10-15(11-7-13)16-14-8-4-12(2)5-9-14/h4-5,8-9,13,15-16H,3,6-7,10-11H2,1-2H3. The fraction of sp³-hybridized carbons (Fsp3) is 0.600. The van der Waals surface area contributed by atoms with Crippen LogP contribution in [0.15, 0.2) is 24.3 Å². The first-order valence-electron chi connectivity index (χ1n) is 6.61. The van der Waals surface area contributed by atoms with Crippen LogP contribution in [0.4, 0.5) is 5.69 Å². The molecule has 0 saturated heterocycles. The van der Waals surface area contributed by atoms with Crippen molar-refractivity contribution < 1.29 is 0 Å². The molecule has 1 fully saturated rings. The topological polar surface area (TPSA) is 12.0 Å². The minimum absolute atomic E-state index is 0.700. The molecule has 0 bridgehead atoms. The third-order valence-corrected chi connectivity index (χ3v) is 3.85. The second kappa shape index (κ2) is 5.38. The van der Waals surface area contributed by atoms with Crippen LogP contribution in [0.25, 0.3) is 0 Å². The van der Waals surface area contributed by atoms with Crippen molar-refractivity contribution in [3.63, 3.8) is 0 Å². The average molecular weight is 217 g/mol. The molecule has 1 heteroatoms. The number of aryl methyl sites for hydroxylation is 1. The first kappa shape index (κ1) is 11.5. The van der Waals surface area contributed by atoms with Gasteiger partial charge in [-0.25, -0.2) is 0 Å². The summed E-state index contributed by atoms with van der Waals surface area (Å²) in [5.74, 6) is 0.982. The first-order valence-corrected chi connectivity index (χ1v) is 6.61. The lowest BCUT2D eigenvalue weighted by Gasteiger charge is -2.29. The third-order valence-electron chi connectivity index (χ3n) is 3.85. The van der Waals surface area contributed by atoms with E-state index in [1.807, 2.05) is 0 Å². The SMILES string of the molecule is CCC1CCC(Nc2ccc(C)cc2)CC1. The van der Waals surface area contributed by atoms with Crippen molar-refractivity contribution in [1.82, 2.24) is 0 Å². The van der Waals surface area contributed by atoms with Gasteiger partial charge in [0.1, 0.15) is 0 Å². The van der Waals surface area contributed by atoms with Gasteiger partial charge in [0, 0.05) is 11.7 Å². The Kier molecular flexibility index (Phi) is 3.87. The van der Waals surface area contributed by atoms with E-state index in [0.29, 0.717) is 6.04 Å². The molecule has 0 aliphatic heterocycles. The maximum Gasteiger partial charge on any atom is 0.0342 e. The molecule has 1 aromatic carbocycles. The van der Waals surface area contributed by atoms with Crippen LogP contribution in [0.1, 0.15) is 44.6 Å². The van der Waals surface area contributed by atoms with E-state index in [-0.39, 0.29) is 0 Å². The molecule has 0 amide bonds. The number of nitrogens with one attached hydrogen (secondary N) is 1. The van der Waals surface area contributed by atoms with Crippen LogP contribution in [0.3, 0.4) is 0 Å². The quantitative estimate of drug-likeness (QED) is 0.792. The Hall–Kier alpha value is -0.980. The highest BCUT2D eigenvalue weighted by Crippen LogP contribution is 2.28. The van der Waals surface area contributed by atoms with Crippen LogP contribution in [-0.2, 0) is 0 Å². The Labute approximate surface area is 99.3 Å². The Morgan fingerprint density at radius 2 is 1.69 bits per heavy atom. The van der Waals surface area contributed by atoms with E-state index in [1.54, 1.807) is 0 Å². The summed E-state index contributed by atoms with van der Waals surface area (Å²) in [6, 6.07) is 9.45. The molecule has 16 heavy (non-hydrogen) atoms. The number of rotatable bonds is 3. The van der Waals surface area contributed by atoms with Crippen molar-refractivity contribution in [3.05, 3.63) is 29.8 Å². The highest BCUT2D eigenvalue weighted by Gasteiger charge is 2.19. The Morgan fingerprint density at radius 1 is 1.06 bits per heavy atom. The number of benzene rings is 1. The smallest absolute Gasteiger partial charge is 0.0342 e. The molecule has 2 rings (SSSR count). The van der Waals surface area contributed by atoms with Gasteiger partial charge in [0.15, 0.2) is 0 Å². The fourth-order valence-corrected chi connectivity index (χ4v) is 2.60. The summed E-state index contributed by atoms with van der Waals surface area (Å²) in [5.41, 5.74) is 2.62. The predicted octanol–water partition coefficient (Wildman–Crippen LogP) is 4.38. The molecule has 0 atom stereocenters. The number of anilines is 1. The minimum atomic E-state index is 0.700. The van der Waals surface area contributed by atoms with Crippen LogP contribution in [0, 0.1) is 12.8 Å². The summed E-state index contributed by atoms with van der Waals surface area (Å²) in [5, 5.41) is 3.65. The van der Waals surface area contributed by atoms with E-state index >= 15 is 0 Å². The molecule has 1 saturated carbocycles. The van der Waals surface area contributed by atoms with Gasteiger partial charge in [-0.05, 0) is 50.7 Å². The third kappa shape index (κ3) is 3.01. The molecule has 1 N–H and O–H groups in total. The van der Waals surface area contributed by atoms with Gasteiger partial charge in [0.2, 0.25) is 0 Å². The van der Waals surface area contributed by atoms with E-state index in [4.69, 9.17) is 0 Å². The monoisotopic (exact) mass is 217 g/mol. The maximum absolute atomic E-state index is 3.65. The molecule has 0 aromatic heterocycles. The molecule has 1 aliphatic rings. The summed E-state index contributed by atoms with van der Waals surface area (Å²) in [6.45, 7) is 4.45. The van der Waals surface area contributed by atoms with Gasteiger partial charge in [0.05, 0.1) is 0 Å². The number of hydrogen-bond acceptors (Lipinski definition) is 1. The Morgan fingerprint density at radius 3 is 2.25 bits per heavy atom. The summed E-state index contributed by atoms with van der Waals surface area (Å²) in [4.78, 5) is 0. The summed E-state index contributed by atoms with van der Waals surface area (Å²) in [7, 11) is 0. The molecule has 1 nitrogen and oxygen atoms in total. The first-order chi connectivity index (χ1) is 7.78. The van der Waals surface area contributed by atoms with E-state index < -0.39 is 0 Å². The fourth-order valence-electron chi connectivity index (χ4n) is 2.60. The van der Waals surface area contributed by atoms with Crippen LogP contribution >= 0.6 is 0 Å². The lowest BCUT2D eigenvalue weighted by atomic mass is 9.84. The minimum Gasteiger partial charge on any atom is -0.382 e. The summed E-state index contributed by atoms with van der Waals surface area (Å²) < 4.78 is 0. The second-order valence-corrected chi connectivity index (χ2v) is 5.14. The molecular weight excluding hydrogens is 194 g/mol. The van der Waals surface area contributed by atoms with Gasteiger partial charge in [0.25, 0.3) is 0 Å².